The molecule has 14 heavy (non-hydrogen) atoms. The zero-order valence-electron chi connectivity index (χ0n) is 8.06. The molecule has 0 aliphatic carbocycles. The predicted molar refractivity (Wildman–Crippen MR) is 47.7 cm³/mol. The van der Waals surface area contributed by atoms with Gasteiger partial charge in [-0.25, -0.2) is 0 Å². The Bertz CT molecular complexity index is 194. The molecule has 0 rings (SSSR count). The summed E-state index contributed by atoms with van der Waals surface area (Å²) in [5, 5.41) is 8.41. The van der Waals surface area contributed by atoms with Gasteiger partial charge in [0.25, 0.3) is 0 Å². The number of methoxy groups -OCH3 is 1. The second kappa shape index (κ2) is 7.28. The number of hydrogen-bond donors (Lipinski definition) is 2. The average molecular weight is 205 g/mol. The van der Waals surface area contributed by atoms with Crippen LogP contribution in [-0.2, 0) is 19.1 Å². The van der Waals surface area contributed by atoms with Crippen LogP contribution >= 0.6 is 0 Å². The minimum atomic E-state index is -1.12. The van der Waals surface area contributed by atoms with Gasteiger partial charge in [0.1, 0.15) is 12.6 Å². The lowest BCUT2D eigenvalue weighted by Gasteiger charge is -2.06. The molecule has 6 heteroatoms. The lowest BCUT2D eigenvalue weighted by Crippen LogP contribution is -2.30. The number of aliphatic carboxylic acids is 1. The molecule has 0 heterocycles. The number of carboxylic acid groups (broad SMARTS) is 1. The number of hydrogen-bond acceptors (Lipinski definition) is 5. The van der Waals surface area contributed by atoms with Crippen LogP contribution in [0.2, 0.25) is 0 Å². The predicted octanol–water partition coefficient (Wildman–Crippen LogP) is -0.632. The quantitative estimate of drug-likeness (QED) is 0.424. The molecule has 0 unspecified atom stereocenters. The zero-order chi connectivity index (χ0) is 11.0. The average Bonchev–Trinajstić information content (AvgIpc) is 2.14. The van der Waals surface area contributed by atoms with Crippen LogP contribution < -0.4 is 5.73 Å². The van der Waals surface area contributed by atoms with E-state index in [0.717, 1.165) is 0 Å². The Hall–Kier alpha value is -1.14. The summed E-state index contributed by atoms with van der Waals surface area (Å²) >= 11 is 0. The van der Waals surface area contributed by atoms with Gasteiger partial charge in [0, 0.05) is 13.5 Å². The fourth-order valence-electron chi connectivity index (χ4n) is 0.708. The van der Waals surface area contributed by atoms with E-state index < -0.39 is 18.0 Å². The van der Waals surface area contributed by atoms with Crippen molar-refractivity contribution in [1.29, 1.82) is 0 Å². The Morgan fingerprint density at radius 3 is 2.57 bits per heavy atom. The van der Waals surface area contributed by atoms with E-state index in [1.807, 2.05) is 0 Å². The maximum absolute atomic E-state index is 10.9. The maximum atomic E-state index is 10.9. The first-order valence-corrected chi connectivity index (χ1v) is 4.21. The van der Waals surface area contributed by atoms with Crippen molar-refractivity contribution >= 4 is 11.9 Å². The molecule has 0 amide bonds. The first-order valence-electron chi connectivity index (χ1n) is 4.21. The summed E-state index contributed by atoms with van der Waals surface area (Å²) in [6.45, 7) is 0.508. The molecule has 6 nitrogen and oxygen atoms in total. The van der Waals surface area contributed by atoms with E-state index in [4.69, 9.17) is 15.6 Å². The van der Waals surface area contributed by atoms with Crippen molar-refractivity contribution in [2.75, 3.05) is 20.3 Å². The number of esters is 1. The zero-order valence-corrected chi connectivity index (χ0v) is 8.06. The molecule has 0 bridgehead atoms. The van der Waals surface area contributed by atoms with Crippen molar-refractivity contribution in [2.24, 2.45) is 5.73 Å². The summed E-state index contributed by atoms with van der Waals surface area (Å²) < 4.78 is 9.36. The number of carbonyl (C=O) groups excluding carboxylic acids is 1. The van der Waals surface area contributed by atoms with Crippen molar-refractivity contribution in [2.45, 2.75) is 18.9 Å². The number of carbonyl (C=O) groups is 2. The van der Waals surface area contributed by atoms with Gasteiger partial charge in [-0.15, -0.1) is 0 Å². The lowest BCUT2D eigenvalue weighted by atomic mass is 10.2. The van der Waals surface area contributed by atoms with Crippen molar-refractivity contribution in [3.05, 3.63) is 0 Å². The molecule has 0 radical (unpaired) electrons. The molecule has 0 aromatic rings. The maximum Gasteiger partial charge on any atom is 0.320 e. The topological polar surface area (TPSA) is 98.9 Å². The molecule has 1 atom stereocenters. The van der Waals surface area contributed by atoms with E-state index in [2.05, 4.69) is 4.74 Å². The molecule has 0 fully saturated rings. The highest BCUT2D eigenvalue weighted by Gasteiger charge is 2.13. The van der Waals surface area contributed by atoms with Crippen LogP contribution in [-0.4, -0.2) is 43.4 Å². The van der Waals surface area contributed by atoms with E-state index in [0.29, 0.717) is 6.61 Å². The van der Waals surface area contributed by atoms with Gasteiger partial charge in [0.15, 0.2) is 0 Å². The van der Waals surface area contributed by atoms with Crippen LogP contribution in [0.3, 0.4) is 0 Å². The summed E-state index contributed by atoms with van der Waals surface area (Å²) in [5.74, 6) is -1.58. The minimum absolute atomic E-state index is 0.0111. The van der Waals surface area contributed by atoms with Crippen molar-refractivity contribution < 1.29 is 24.2 Å². The monoisotopic (exact) mass is 205 g/mol. The second-order valence-electron chi connectivity index (χ2n) is 2.70. The van der Waals surface area contributed by atoms with Crippen LogP contribution in [0.1, 0.15) is 12.8 Å². The number of nitrogens with two attached hydrogens (primary N) is 1. The van der Waals surface area contributed by atoms with Gasteiger partial charge < -0.3 is 20.3 Å². The largest absolute Gasteiger partial charge is 0.480 e. The highest BCUT2D eigenvalue weighted by atomic mass is 16.6. The fourth-order valence-corrected chi connectivity index (χ4v) is 0.708. The van der Waals surface area contributed by atoms with Gasteiger partial charge >= 0.3 is 11.9 Å². The van der Waals surface area contributed by atoms with E-state index >= 15 is 0 Å². The molecule has 3 N–H and O–H groups in total. The van der Waals surface area contributed by atoms with Crippen LogP contribution in [0.15, 0.2) is 0 Å². The molecule has 0 saturated heterocycles. The number of rotatable bonds is 7. The summed E-state index contributed by atoms with van der Waals surface area (Å²) in [7, 11) is 1.49. The summed E-state index contributed by atoms with van der Waals surface area (Å²) in [6, 6.07) is -1.01. The summed E-state index contributed by atoms with van der Waals surface area (Å²) in [6.07, 6.45) is 0.0956. The van der Waals surface area contributed by atoms with Crippen molar-refractivity contribution in [3.8, 4) is 0 Å². The Kier molecular flexibility index (Phi) is 6.69. The fraction of sp³-hybridized carbons (Fsp3) is 0.750. The van der Waals surface area contributed by atoms with Gasteiger partial charge in [-0.2, -0.15) is 0 Å². The van der Waals surface area contributed by atoms with E-state index in [1.54, 1.807) is 0 Å². The van der Waals surface area contributed by atoms with Crippen LogP contribution in [0, 0.1) is 0 Å². The van der Waals surface area contributed by atoms with Gasteiger partial charge in [-0.1, -0.05) is 0 Å². The number of carboxylic acids is 1. The SMILES string of the molecule is COCCOC(=O)CC[C@H](N)C(=O)O. The van der Waals surface area contributed by atoms with Crippen LogP contribution in [0.4, 0.5) is 0 Å². The first-order chi connectivity index (χ1) is 6.57. The third-order valence-electron chi connectivity index (χ3n) is 1.53. The Labute approximate surface area is 82.0 Å². The molecule has 82 valence electrons. The normalized spacial score (nSPS) is 12.1. The summed E-state index contributed by atoms with van der Waals surface area (Å²) in [5.41, 5.74) is 5.19. The molecule has 0 aliphatic heterocycles. The molecular weight excluding hydrogens is 190 g/mol. The van der Waals surface area contributed by atoms with E-state index in [9.17, 15) is 9.59 Å². The molecule has 0 spiro atoms. The second-order valence-corrected chi connectivity index (χ2v) is 2.70. The molecule has 0 aromatic carbocycles. The van der Waals surface area contributed by atoms with E-state index in [1.165, 1.54) is 7.11 Å². The van der Waals surface area contributed by atoms with Gasteiger partial charge in [-0.3, -0.25) is 9.59 Å². The Morgan fingerprint density at radius 1 is 1.43 bits per heavy atom. The highest BCUT2D eigenvalue weighted by molar-refractivity contribution is 5.75. The van der Waals surface area contributed by atoms with Crippen molar-refractivity contribution in [1.82, 2.24) is 0 Å². The van der Waals surface area contributed by atoms with Gasteiger partial charge in [0.05, 0.1) is 6.61 Å². The molecule has 0 saturated carbocycles. The lowest BCUT2D eigenvalue weighted by molar-refractivity contribution is -0.145. The number of ether oxygens (including phenoxy) is 2. The first kappa shape index (κ1) is 12.9. The highest BCUT2D eigenvalue weighted by Crippen LogP contribution is 1.97. The van der Waals surface area contributed by atoms with Gasteiger partial charge in [-0.05, 0) is 6.42 Å². The standard InChI is InChI=1S/C8H15NO5/c1-13-4-5-14-7(10)3-2-6(9)8(11)12/h6H,2-5,9H2,1H3,(H,11,12)/t6-/m0/s1. The molecule has 0 aliphatic rings. The smallest absolute Gasteiger partial charge is 0.320 e. The van der Waals surface area contributed by atoms with Crippen LogP contribution in [0.25, 0.3) is 0 Å². The molecular formula is C8H15NO5. The third kappa shape index (κ3) is 6.38. The van der Waals surface area contributed by atoms with E-state index in [-0.39, 0.29) is 19.4 Å². The van der Waals surface area contributed by atoms with Crippen LogP contribution in [0.5, 0.6) is 0 Å². The Morgan fingerprint density at radius 2 is 2.07 bits per heavy atom. The third-order valence-corrected chi connectivity index (χ3v) is 1.53. The summed E-state index contributed by atoms with van der Waals surface area (Å²) in [4.78, 5) is 21.2. The minimum Gasteiger partial charge on any atom is -0.480 e. The molecule has 0 aromatic heterocycles. The Balaban J connectivity index is 3.48. The van der Waals surface area contributed by atoms with Gasteiger partial charge in [0.2, 0.25) is 0 Å². The van der Waals surface area contributed by atoms with Crippen molar-refractivity contribution in [3.63, 3.8) is 0 Å².